The second-order valence-corrected chi connectivity index (χ2v) is 33.9. The Morgan fingerprint density at radius 1 is 0.647 bits per heavy atom. The fraction of sp³-hybridized carbons (Fsp3) is 1.00. The molecule has 17 heavy (non-hydrogen) atoms. The molecular weight excluding hydrogens is 351 g/mol. The molecule has 0 bridgehead atoms. The predicted molar refractivity (Wildman–Crippen MR) is 91.3 cm³/mol. The molecule has 0 rings (SSSR count). The van der Waals surface area contributed by atoms with Crippen LogP contribution in [0.5, 0.6) is 0 Å². The van der Waals surface area contributed by atoms with E-state index >= 15 is 0 Å². The third-order valence-electron chi connectivity index (χ3n) is 3.80. The lowest BCUT2D eigenvalue weighted by molar-refractivity contribution is 0.555. The van der Waals surface area contributed by atoms with Crippen LogP contribution in [-0.4, -0.2) is 12.4 Å². The Balaban J connectivity index is 6.37. The quantitative estimate of drug-likeness (QED) is 0.351. The van der Waals surface area contributed by atoms with Crippen molar-refractivity contribution in [3.63, 3.8) is 0 Å². The fourth-order valence-electron chi connectivity index (χ4n) is 4.65. The minimum Gasteiger partial charge on any atom is -0.135 e. The van der Waals surface area contributed by atoms with Crippen molar-refractivity contribution in [2.75, 3.05) is 0 Å². The molecule has 0 aliphatic heterocycles. The molecule has 0 saturated carbocycles. The Bertz CT molecular complexity index is 215. The van der Waals surface area contributed by atoms with Crippen molar-refractivity contribution in [2.45, 2.75) is 77.4 Å². The predicted octanol–water partition coefficient (Wildman–Crippen LogP) is 6.73. The summed E-state index contributed by atoms with van der Waals surface area (Å²) < 4.78 is 0. The lowest BCUT2D eigenvalue weighted by Gasteiger charge is -2.61. The highest BCUT2D eigenvalue weighted by molar-refractivity contribution is 9.31. The molecular formula is C12H27BrCl2Si2. The van der Waals surface area contributed by atoms with E-state index in [0.29, 0.717) is 0 Å². The van der Waals surface area contributed by atoms with Crippen molar-refractivity contribution in [3.8, 4) is 0 Å². The first-order valence-corrected chi connectivity index (χ1v) is 15.3. The van der Waals surface area contributed by atoms with Gasteiger partial charge in [0.05, 0.1) is 0 Å². The highest BCUT2D eigenvalue weighted by Gasteiger charge is 2.70. The molecule has 5 heteroatoms. The number of halogens is 3. The Labute approximate surface area is 127 Å². The topological polar surface area (TPSA) is 0 Å². The lowest BCUT2D eigenvalue weighted by atomic mass is 10.2. The lowest BCUT2D eigenvalue weighted by Crippen LogP contribution is -2.69. The van der Waals surface area contributed by atoms with E-state index in [9.17, 15) is 0 Å². The second kappa shape index (κ2) is 4.80. The van der Waals surface area contributed by atoms with Crippen molar-refractivity contribution in [2.24, 2.45) is 0 Å². The summed E-state index contributed by atoms with van der Waals surface area (Å²) in [6.45, 7) is 20.8. The molecule has 0 heterocycles. The smallest absolute Gasteiger partial charge is 0.135 e. The molecule has 0 aromatic rings. The summed E-state index contributed by atoms with van der Waals surface area (Å²) in [6.07, 6.45) is 0. The molecule has 0 unspecified atom stereocenters. The van der Waals surface area contributed by atoms with Gasteiger partial charge in [0.25, 0.3) is 0 Å². The van der Waals surface area contributed by atoms with Gasteiger partial charge >= 0.3 is 4.83 Å². The maximum atomic E-state index is 6.79. The molecule has 0 aliphatic rings. The van der Waals surface area contributed by atoms with Crippen LogP contribution in [0, 0.1) is 0 Å². The highest BCUT2D eigenvalue weighted by atomic mass is 79.9. The molecule has 0 saturated heterocycles. The molecule has 104 valence electrons. The van der Waals surface area contributed by atoms with Crippen LogP contribution in [0.25, 0.3) is 0 Å². The number of hydrogen-bond acceptors (Lipinski definition) is 0. The SMILES string of the molecule is CC(C)(C)[Si](C(C)(C)C)(C(C)(C)C)[Si](Cl)(Cl)Br. The zero-order valence-electron chi connectivity index (χ0n) is 12.6. The normalized spacial score (nSPS) is 16.2. The average Bonchev–Trinajstić information content (AvgIpc) is 1.67. The Morgan fingerprint density at radius 3 is 0.824 bits per heavy atom. The fourth-order valence-corrected chi connectivity index (χ4v) is 53.0. The van der Waals surface area contributed by atoms with E-state index in [0.717, 1.165) is 0 Å². The van der Waals surface area contributed by atoms with Crippen LogP contribution in [0.2, 0.25) is 15.1 Å². The molecule has 0 aliphatic carbocycles. The summed E-state index contributed by atoms with van der Waals surface area (Å²) in [6, 6.07) is 0. The monoisotopic (exact) mass is 376 g/mol. The molecule has 0 aromatic carbocycles. The molecule has 0 N–H and O–H groups in total. The first-order chi connectivity index (χ1) is 7.00. The van der Waals surface area contributed by atoms with Crippen LogP contribution in [0.3, 0.4) is 0 Å². The summed E-state index contributed by atoms with van der Waals surface area (Å²) >= 11 is 17.3. The minimum atomic E-state index is -2.45. The van der Waals surface area contributed by atoms with Gasteiger partial charge in [-0.25, -0.2) is 0 Å². The van der Waals surface area contributed by atoms with E-state index in [1.807, 2.05) is 0 Å². The summed E-state index contributed by atoms with van der Waals surface area (Å²) in [5.74, 6) is 0. The van der Waals surface area contributed by atoms with Crippen molar-refractivity contribution in [1.82, 2.24) is 0 Å². The summed E-state index contributed by atoms with van der Waals surface area (Å²) in [7, 11) is -2.02. The van der Waals surface area contributed by atoms with Crippen LogP contribution in [0.4, 0.5) is 0 Å². The van der Waals surface area contributed by atoms with Gasteiger partial charge in [0, 0.05) is 0 Å². The van der Waals surface area contributed by atoms with Crippen LogP contribution in [0.15, 0.2) is 0 Å². The van der Waals surface area contributed by atoms with Crippen molar-refractivity contribution < 1.29 is 0 Å². The van der Waals surface area contributed by atoms with Gasteiger partial charge in [0.1, 0.15) is 7.59 Å². The van der Waals surface area contributed by atoms with E-state index in [4.69, 9.17) is 22.2 Å². The van der Waals surface area contributed by atoms with Gasteiger partial charge in [0.2, 0.25) is 0 Å². The van der Waals surface area contributed by atoms with Crippen LogP contribution < -0.4 is 0 Å². The van der Waals surface area contributed by atoms with E-state index < -0.39 is 12.4 Å². The average molecular weight is 378 g/mol. The second-order valence-electron chi connectivity index (χ2n) is 8.00. The van der Waals surface area contributed by atoms with Gasteiger partial charge in [-0.15, -0.1) is 22.2 Å². The molecule has 0 atom stereocenters. The molecule has 0 radical (unpaired) electrons. The maximum Gasteiger partial charge on any atom is 0.303 e. The van der Waals surface area contributed by atoms with Crippen LogP contribution in [0.1, 0.15) is 62.3 Å². The van der Waals surface area contributed by atoms with Gasteiger partial charge in [0.15, 0.2) is 0 Å². The van der Waals surface area contributed by atoms with Crippen molar-refractivity contribution in [3.05, 3.63) is 0 Å². The molecule has 0 nitrogen and oxygen atoms in total. The van der Waals surface area contributed by atoms with Crippen molar-refractivity contribution in [1.29, 1.82) is 0 Å². The summed E-state index contributed by atoms with van der Waals surface area (Å²) in [4.78, 5) is -2.45. The van der Waals surface area contributed by atoms with Crippen LogP contribution >= 0.6 is 37.5 Å². The third-order valence-corrected chi connectivity index (χ3v) is 31.2. The zero-order chi connectivity index (χ0) is 14.5. The van der Waals surface area contributed by atoms with Gasteiger partial charge in [-0.3, -0.25) is 0 Å². The number of hydrogen-bond donors (Lipinski definition) is 0. The van der Waals surface area contributed by atoms with Crippen LogP contribution in [-0.2, 0) is 0 Å². The van der Waals surface area contributed by atoms with Crippen molar-refractivity contribution >= 4 is 49.9 Å². The van der Waals surface area contributed by atoms with E-state index in [1.165, 1.54) is 0 Å². The Morgan fingerprint density at radius 2 is 0.824 bits per heavy atom. The van der Waals surface area contributed by atoms with E-state index in [1.54, 1.807) is 0 Å². The molecule has 0 spiro atoms. The molecule has 0 aromatic heterocycles. The third kappa shape index (κ3) is 2.99. The Hall–Kier alpha value is 1.49. The first-order valence-electron chi connectivity index (χ1n) is 6.07. The zero-order valence-corrected chi connectivity index (χ0v) is 17.7. The molecule has 0 fully saturated rings. The summed E-state index contributed by atoms with van der Waals surface area (Å²) in [5.41, 5.74) is 0. The standard InChI is InChI=1S/C12H27BrCl2Si2/c1-10(2,3)16(11(4,5)6,12(7,8)9)17(13,14)15/h1-9H3. The maximum absolute atomic E-state index is 6.79. The highest BCUT2D eigenvalue weighted by Crippen LogP contribution is 2.68. The number of rotatable bonds is 1. The van der Waals surface area contributed by atoms with E-state index in [2.05, 4.69) is 77.6 Å². The van der Waals surface area contributed by atoms with Gasteiger partial charge in [-0.1, -0.05) is 77.6 Å². The molecule has 0 amide bonds. The Kier molecular flexibility index (Phi) is 5.22. The summed E-state index contributed by atoms with van der Waals surface area (Å²) in [5, 5.41) is 0.466. The van der Waals surface area contributed by atoms with Gasteiger partial charge in [-0.05, 0) is 15.1 Å². The van der Waals surface area contributed by atoms with Gasteiger partial charge in [-0.2, -0.15) is 0 Å². The first kappa shape index (κ1) is 18.5. The minimum absolute atomic E-state index is 0.155. The van der Waals surface area contributed by atoms with E-state index in [-0.39, 0.29) is 15.1 Å². The largest absolute Gasteiger partial charge is 0.303 e. The van der Waals surface area contributed by atoms with Gasteiger partial charge < -0.3 is 0 Å².